The normalized spacial score (nSPS) is 10.4. The summed E-state index contributed by atoms with van der Waals surface area (Å²) in [5.41, 5.74) is 3.06. The van der Waals surface area contributed by atoms with Gasteiger partial charge in [-0.15, -0.1) is 0 Å². The fraction of sp³-hybridized carbons (Fsp3) is 0.200. The first kappa shape index (κ1) is 13.1. The summed E-state index contributed by atoms with van der Waals surface area (Å²) in [7, 11) is 0. The number of aliphatic hydroxyl groups is 1. The summed E-state index contributed by atoms with van der Waals surface area (Å²) < 4.78 is 6.79. The quantitative estimate of drug-likeness (QED) is 0.913. The van der Waals surface area contributed by atoms with Gasteiger partial charge in [0.25, 0.3) is 0 Å². The Balaban J connectivity index is 2.33. The molecule has 0 unspecified atom stereocenters. The van der Waals surface area contributed by atoms with Crippen molar-refractivity contribution < 1.29 is 9.84 Å². The van der Waals surface area contributed by atoms with Gasteiger partial charge in [0.15, 0.2) is 0 Å². The van der Waals surface area contributed by atoms with Crippen LogP contribution in [0.2, 0.25) is 0 Å². The molecule has 2 aromatic rings. The highest BCUT2D eigenvalue weighted by Crippen LogP contribution is 2.30. The second-order valence-electron chi connectivity index (χ2n) is 4.28. The number of hydrogen-bond donors (Lipinski definition) is 1. The molecule has 0 heterocycles. The molecule has 1 N–H and O–H groups in total. The van der Waals surface area contributed by atoms with Crippen molar-refractivity contribution in [3.8, 4) is 11.5 Å². The topological polar surface area (TPSA) is 29.5 Å². The van der Waals surface area contributed by atoms with Gasteiger partial charge in [-0.25, -0.2) is 0 Å². The third-order valence-corrected chi connectivity index (χ3v) is 3.24. The Labute approximate surface area is 115 Å². The standard InChI is InChI=1S/C15H15BrO2/c1-10-3-5-14(11(2)7-10)18-15-6-4-13(16)8-12(15)9-17/h3-8,17H,9H2,1-2H3. The van der Waals surface area contributed by atoms with Crippen LogP contribution in [0.15, 0.2) is 40.9 Å². The average molecular weight is 307 g/mol. The van der Waals surface area contributed by atoms with Crippen molar-refractivity contribution in [1.82, 2.24) is 0 Å². The molecule has 0 amide bonds. The molecule has 2 aromatic carbocycles. The molecule has 0 spiro atoms. The summed E-state index contributed by atoms with van der Waals surface area (Å²) in [6.45, 7) is 4.02. The molecule has 0 bridgehead atoms. The summed E-state index contributed by atoms with van der Waals surface area (Å²) in [5, 5.41) is 9.33. The summed E-state index contributed by atoms with van der Waals surface area (Å²) in [6.07, 6.45) is 0. The minimum atomic E-state index is -0.0420. The van der Waals surface area contributed by atoms with Gasteiger partial charge in [0.1, 0.15) is 11.5 Å². The molecule has 0 fully saturated rings. The van der Waals surface area contributed by atoms with Crippen LogP contribution in [0.3, 0.4) is 0 Å². The Hall–Kier alpha value is -1.32. The van der Waals surface area contributed by atoms with Crippen molar-refractivity contribution >= 4 is 15.9 Å². The number of rotatable bonds is 3. The highest BCUT2D eigenvalue weighted by molar-refractivity contribution is 9.10. The lowest BCUT2D eigenvalue weighted by Gasteiger charge is -2.12. The highest BCUT2D eigenvalue weighted by Gasteiger charge is 2.07. The van der Waals surface area contributed by atoms with Crippen LogP contribution in [-0.2, 0) is 6.61 Å². The van der Waals surface area contributed by atoms with E-state index in [-0.39, 0.29) is 6.61 Å². The van der Waals surface area contributed by atoms with Crippen LogP contribution in [0.1, 0.15) is 16.7 Å². The summed E-state index contributed by atoms with van der Waals surface area (Å²) >= 11 is 3.38. The average Bonchev–Trinajstić information content (AvgIpc) is 2.34. The van der Waals surface area contributed by atoms with Crippen LogP contribution in [0.5, 0.6) is 11.5 Å². The van der Waals surface area contributed by atoms with Crippen LogP contribution in [0, 0.1) is 13.8 Å². The molecule has 0 aliphatic rings. The molecule has 18 heavy (non-hydrogen) atoms. The Kier molecular flexibility index (Phi) is 4.04. The molecule has 2 rings (SSSR count). The minimum absolute atomic E-state index is 0.0420. The Morgan fingerprint density at radius 2 is 1.78 bits per heavy atom. The van der Waals surface area contributed by atoms with Crippen molar-refractivity contribution in [2.24, 2.45) is 0 Å². The van der Waals surface area contributed by atoms with Gasteiger partial charge in [-0.3, -0.25) is 0 Å². The van der Waals surface area contributed by atoms with Gasteiger partial charge >= 0.3 is 0 Å². The first-order valence-corrected chi connectivity index (χ1v) is 6.54. The van der Waals surface area contributed by atoms with Crippen LogP contribution in [-0.4, -0.2) is 5.11 Å². The Morgan fingerprint density at radius 1 is 1.06 bits per heavy atom. The van der Waals surface area contributed by atoms with Crippen LogP contribution >= 0.6 is 15.9 Å². The van der Waals surface area contributed by atoms with E-state index in [0.717, 1.165) is 21.3 Å². The van der Waals surface area contributed by atoms with E-state index in [2.05, 4.69) is 28.9 Å². The number of benzene rings is 2. The fourth-order valence-electron chi connectivity index (χ4n) is 1.80. The van der Waals surface area contributed by atoms with E-state index in [4.69, 9.17) is 4.74 Å². The molecule has 2 nitrogen and oxygen atoms in total. The number of halogens is 1. The molecule has 0 aliphatic heterocycles. The molecular weight excluding hydrogens is 292 g/mol. The zero-order valence-electron chi connectivity index (χ0n) is 10.4. The van der Waals surface area contributed by atoms with Gasteiger partial charge < -0.3 is 9.84 Å². The van der Waals surface area contributed by atoms with Crippen molar-refractivity contribution in [3.05, 3.63) is 57.6 Å². The maximum Gasteiger partial charge on any atom is 0.133 e. The van der Waals surface area contributed by atoms with Gasteiger partial charge in [0.2, 0.25) is 0 Å². The number of aliphatic hydroxyl groups excluding tert-OH is 1. The molecule has 0 saturated carbocycles. The number of hydrogen-bond acceptors (Lipinski definition) is 2. The van der Waals surface area contributed by atoms with Crippen molar-refractivity contribution in [1.29, 1.82) is 0 Å². The van der Waals surface area contributed by atoms with E-state index < -0.39 is 0 Å². The highest BCUT2D eigenvalue weighted by atomic mass is 79.9. The summed E-state index contributed by atoms with van der Waals surface area (Å²) in [6, 6.07) is 11.7. The van der Waals surface area contributed by atoms with E-state index in [9.17, 15) is 5.11 Å². The zero-order valence-corrected chi connectivity index (χ0v) is 12.0. The van der Waals surface area contributed by atoms with E-state index in [1.807, 2.05) is 37.3 Å². The smallest absolute Gasteiger partial charge is 0.133 e. The molecule has 0 saturated heterocycles. The molecular formula is C15H15BrO2. The first-order chi connectivity index (χ1) is 8.60. The fourth-order valence-corrected chi connectivity index (χ4v) is 2.21. The first-order valence-electron chi connectivity index (χ1n) is 5.74. The molecule has 0 atom stereocenters. The van der Waals surface area contributed by atoms with Gasteiger partial charge in [0.05, 0.1) is 6.61 Å². The van der Waals surface area contributed by atoms with Crippen LogP contribution in [0.4, 0.5) is 0 Å². The zero-order chi connectivity index (χ0) is 13.1. The Morgan fingerprint density at radius 3 is 2.44 bits per heavy atom. The maximum absolute atomic E-state index is 9.33. The lowest BCUT2D eigenvalue weighted by molar-refractivity contribution is 0.276. The van der Waals surface area contributed by atoms with Gasteiger partial charge in [0, 0.05) is 10.0 Å². The second-order valence-corrected chi connectivity index (χ2v) is 5.20. The largest absolute Gasteiger partial charge is 0.457 e. The van der Waals surface area contributed by atoms with Crippen molar-refractivity contribution in [2.45, 2.75) is 20.5 Å². The second kappa shape index (κ2) is 5.55. The predicted molar refractivity (Wildman–Crippen MR) is 76.1 cm³/mol. The third-order valence-electron chi connectivity index (χ3n) is 2.74. The molecule has 3 heteroatoms. The van der Waals surface area contributed by atoms with E-state index in [1.54, 1.807) is 0 Å². The van der Waals surface area contributed by atoms with Crippen molar-refractivity contribution in [2.75, 3.05) is 0 Å². The lowest BCUT2D eigenvalue weighted by atomic mass is 10.1. The monoisotopic (exact) mass is 306 g/mol. The maximum atomic E-state index is 9.33. The molecule has 0 aliphatic carbocycles. The van der Waals surface area contributed by atoms with Crippen LogP contribution in [0.25, 0.3) is 0 Å². The van der Waals surface area contributed by atoms with Crippen LogP contribution < -0.4 is 4.74 Å². The van der Waals surface area contributed by atoms with Crippen molar-refractivity contribution in [3.63, 3.8) is 0 Å². The summed E-state index contributed by atoms with van der Waals surface area (Å²) in [5.74, 6) is 1.50. The summed E-state index contributed by atoms with van der Waals surface area (Å²) in [4.78, 5) is 0. The van der Waals surface area contributed by atoms with Gasteiger partial charge in [-0.05, 0) is 43.7 Å². The number of aryl methyl sites for hydroxylation is 2. The van der Waals surface area contributed by atoms with Gasteiger partial charge in [-0.1, -0.05) is 33.6 Å². The SMILES string of the molecule is Cc1ccc(Oc2ccc(Br)cc2CO)c(C)c1. The van der Waals surface area contributed by atoms with E-state index >= 15 is 0 Å². The molecule has 0 radical (unpaired) electrons. The predicted octanol–water partition coefficient (Wildman–Crippen LogP) is 4.35. The van der Waals surface area contributed by atoms with E-state index in [0.29, 0.717) is 5.75 Å². The number of ether oxygens (including phenoxy) is 1. The molecule has 0 aromatic heterocycles. The minimum Gasteiger partial charge on any atom is -0.457 e. The third kappa shape index (κ3) is 2.92. The lowest BCUT2D eigenvalue weighted by Crippen LogP contribution is -1.93. The van der Waals surface area contributed by atoms with E-state index in [1.165, 1.54) is 5.56 Å². The Bertz CT molecular complexity index is 564. The van der Waals surface area contributed by atoms with Gasteiger partial charge in [-0.2, -0.15) is 0 Å². The molecule has 94 valence electrons.